The van der Waals surface area contributed by atoms with Gasteiger partial charge in [-0.2, -0.15) is 0 Å². The molecule has 0 saturated heterocycles. The molecule has 0 radical (unpaired) electrons. The number of allylic oxidation sites excluding steroid dienone is 1. The third-order valence-corrected chi connectivity index (χ3v) is 15.0. The van der Waals surface area contributed by atoms with Crippen LogP contribution in [0.4, 0.5) is 4.79 Å². The van der Waals surface area contributed by atoms with E-state index in [4.69, 9.17) is 10.5 Å². The molecule has 3 saturated carbocycles. The van der Waals surface area contributed by atoms with Crippen LogP contribution in [0.5, 0.6) is 0 Å². The zero-order valence-electron chi connectivity index (χ0n) is 34.3. The third-order valence-electron chi connectivity index (χ3n) is 15.0. The molecule has 0 aromatic rings. The largest absolute Gasteiger partial charge is 0.446 e. The molecule has 4 rings (SSSR count). The average molecular weight is 683 g/mol. The summed E-state index contributed by atoms with van der Waals surface area (Å²) >= 11 is 0. The summed E-state index contributed by atoms with van der Waals surface area (Å²) in [7, 11) is 0. The Hall–Kier alpha value is -1.03. The van der Waals surface area contributed by atoms with E-state index in [-0.39, 0.29) is 17.7 Å². The average Bonchev–Trinajstić information content (AvgIpc) is 3.38. The molecule has 9 atom stereocenters. The van der Waals surface area contributed by atoms with Crippen LogP contribution in [-0.2, 0) is 4.74 Å². The molecule has 0 spiro atoms. The van der Waals surface area contributed by atoms with Crippen molar-refractivity contribution >= 4 is 6.09 Å². The maximum absolute atomic E-state index is 13.6. The molecule has 2 N–H and O–H groups in total. The molecule has 0 heterocycles. The summed E-state index contributed by atoms with van der Waals surface area (Å²) in [6.45, 7) is 25.5. The first-order valence-corrected chi connectivity index (χ1v) is 21.5. The normalized spacial score (nSPS) is 32.7. The Morgan fingerprint density at radius 2 is 1.63 bits per heavy atom. The number of rotatable bonds is 18. The first kappa shape index (κ1) is 40.7. The molecular weight excluding hydrogens is 601 g/mol. The van der Waals surface area contributed by atoms with Gasteiger partial charge in [0.15, 0.2) is 0 Å². The second-order valence-corrected chi connectivity index (χ2v) is 19.9. The minimum Gasteiger partial charge on any atom is -0.446 e. The summed E-state index contributed by atoms with van der Waals surface area (Å²) < 4.78 is 6.37. The van der Waals surface area contributed by atoms with E-state index in [1.54, 1.807) is 5.57 Å². The van der Waals surface area contributed by atoms with Crippen LogP contribution in [0.1, 0.15) is 185 Å². The van der Waals surface area contributed by atoms with E-state index in [2.05, 4.69) is 75.3 Å². The van der Waals surface area contributed by atoms with Crippen LogP contribution in [0.15, 0.2) is 11.6 Å². The van der Waals surface area contributed by atoms with E-state index >= 15 is 0 Å². The van der Waals surface area contributed by atoms with E-state index in [0.29, 0.717) is 16.7 Å². The number of carbonyl (C=O) groups is 1. The Bertz CT molecular complexity index is 1060. The Balaban J connectivity index is 1.31. The smallest absolute Gasteiger partial charge is 0.410 e. The van der Waals surface area contributed by atoms with Crippen LogP contribution in [0.2, 0.25) is 0 Å². The summed E-state index contributed by atoms with van der Waals surface area (Å²) in [5, 5.41) is 0. The van der Waals surface area contributed by atoms with Gasteiger partial charge in [-0.15, -0.1) is 0 Å². The van der Waals surface area contributed by atoms with Crippen LogP contribution in [0.3, 0.4) is 0 Å². The molecule has 0 aromatic carbocycles. The fraction of sp³-hybridized carbons (Fsp3) is 0.933. The number of amides is 1. The Morgan fingerprint density at radius 3 is 2.31 bits per heavy atom. The molecule has 3 fully saturated rings. The van der Waals surface area contributed by atoms with E-state index < -0.39 is 0 Å². The van der Waals surface area contributed by atoms with Crippen LogP contribution < -0.4 is 5.73 Å². The number of ether oxygens (including phenoxy) is 1. The quantitative estimate of drug-likeness (QED) is 0.116. The number of unbranched alkanes of at least 4 members (excludes halogenated alkanes) is 4. The lowest BCUT2D eigenvalue weighted by atomic mass is 9.47. The number of hydrogen-bond donors (Lipinski definition) is 1. The fourth-order valence-corrected chi connectivity index (χ4v) is 11.7. The van der Waals surface area contributed by atoms with Gasteiger partial charge in [-0.05, 0) is 143 Å². The number of hydrogen-bond acceptors (Lipinski definition) is 3. The second kappa shape index (κ2) is 17.7. The zero-order valence-corrected chi connectivity index (χ0v) is 34.3. The van der Waals surface area contributed by atoms with Crippen molar-refractivity contribution in [1.29, 1.82) is 0 Å². The predicted molar refractivity (Wildman–Crippen MR) is 209 cm³/mol. The monoisotopic (exact) mass is 683 g/mol. The molecule has 4 heteroatoms. The first-order chi connectivity index (χ1) is 23.1. The molecule has 4 nitrogen and oxygen atoms in total. The summed E-state index contributed by atoms with van der Waals surface area (Å²) in [5.41, 5.74) is 8.53. The van der Waals surface area contributed by atoms with E-state index in [0.717, 1.165) is 86.6 Å². The highest BCUT2D eigenvalue weighted by atomic mass is 16.6. The molecule has 0 bridgehead atoms. The summed E-state index contributed by atoms with van der Waals surface area (Å²) in [6, 6.07) is 0. The predicted octanol–water partition coefficient (Wildman–Crippen LogP) is 12.6. The molecule has 1 unspecified atom stereocenters. The van der Waals surface area contributed by atoms with Gasteiger partial charge in [0.1, 0.15) is 6.10 Å². The third kappa shape index (κ3) is 10.3. The number of nitrogens with zero attached hydrogens (tertiary/aromatic N) is 1. The number of carbonyl (C=O) groups excluding carboxylic acids is 1. The van der Waals surface area contributed by atoms with Gasteiger partial charge in [0.05, 0.1) is 0 Å². The molecular formula is C45H82N2O2. The van der Waals surface area contributed by atoms with Gasteiger partial charge in [0, 0.05) is 25.0 Å². The second-order valence-electron chi connectivity index (χ2n) is 19.9. The van der Waals surface area contributed by atoms with Crippen molar-refractivity contribution in [3.05, 3.63) is 11.6 Å². The highest BCUT2D eigenvalue weighted by Crippen LogP contribution is 2.67. The fourth-order valence-electron chi connectivity index (χ4n) is 11.7. The van der Waals surface area contributed by atoms with Gasteiger partial charge in [0.2, 0.25) is 0 Å². The molecule has 1 amide bonds. The van der Waals surface area contributed by atoms with Crippen molar-refractivity contribution in [3.63, 3.8) is 0 Å². The van der Waals surface area contributed by atoms with Crippen LogP contribution in [0.25, 0.3) is 0 Å². The van der Waals surface area contributed by atoms with Crippen molar-refractivity contribution < 1.29 is 9.53 Å². The van der Waals surface area contributed by atoms with Crippen molar-refractivity contribution in [2.75, 3.05) is 13.1 Å². The number of fused-ring (bicyclic) bond motifs is 5. The highest BCUT2D eigenvalue weighted by Gasteiger charge is 2.59. The van der Waals surface area contributed by atoms with Crippen molar-refractivity contribution in [2.45, 2.75) is 196 Å². The van der Waals surface area contributed by atoms with Crippen LogP contribution in [-0.4, -0.2) is 35.7 Å². The molecule has 284 valence electrons. The standard InChI is InChI=1S/C45H82N2O2/c1-11-35(33(4)5)18-17-34(6)39-21-22-40-38-20-19-36-31-37(23-27-44(36,9)41(38)24-28-45(39,40)10)49-42(48)47(30-25-32(2)3)29-16-14-12-13-15-26-43(7,8)46/h19,32-35,37-41H,11-18,20-31,46H2,1-10H3/t34-,35-,37+,38+,39-,40+,41?,44+,45-/m1/s1. The van der Waals surface area contributed by atoms with Gasteiger partial charge in [-0.1, -0.05) is 106 Å². The Morgan fingerprint density at radius 1 is 0.918 bits per heavy atom. The lowest BCUT2D eigenvalue weighted by Crippen LogP contribution is -2.51. The molecule has 4 aliphatic rings. The highest BCUT2D eigenvalue weighted by molar-refractivity contribution is 5.67. The maximum Gasteiger partial charge on any atom is 0.410 e. The Labute approximate surface area is 304 Å². The van der Waals surface area contributed by atoms with Gasteiger partial charge in [-0.25, -0.2) is 4.79 Å². The molecule has 0 aromatic heterocycles. The maximum atomic E-state index is 13.6. The lowest BCUT2D eigenvalue weighted by molar-refractivity contribution is -0.0596. The van der Waals surface area contributed by atoms with Crippen molar-refractivity contribution in [2.24, 2.45) is 63.9 Å². The van der Waals surface area contributed by atoms with Crippen LogP contribution >= 0.6 is 0 Å². The summed E-state index contributed by atoms with van der Waals surface area (Å²) in [5.74, 6) is 6.57. The van der Waals surface area contributed by atoms with Gasteiger partial charge in [-0.3, -0.25) is 0 Å². The van der Waals surface area contributed by atoms with Crippen LogP contribution in [0, 0.1) is 58.2 Å². The molecule has 4 aliphatic carbocycles. The van der Waals surface area contributed by atoms with E-state index in [9.17, 15) is 4.79 Å². The summed E-state index contributed by atoms with van der Waals surface area (Å²) in [4.78, 5) is 15.7. The van der Waals surface area contributed by atoms with E-state index in [1.807, 2.05) is 4.90 Å². The van der Waals surface area contributed by atoms with Crippen molar-refractivity contribution in [1.82, 2.24) is 4.90 Å². The van der Waals surface area contributed by atoms with E-state index in [1.165, 1.54) is 83.5 Å². The molecule has 49 heavy (non-hydrogen) atoms. The van der Waals surface area contributed by atoms with Gasteiger partial charge < -0.3 is 15.4 Å². The zero-order chi connectivity index (χ0) is 36.0. The van der Waals surface area contributed by atoms with Crippen molar-refractivity contribution in [3.8, 4) is 0 Å². The SMILES string of the molecule is CC[C@H](CC[C@@H](C)[C@H]1CC[C@H]2[C@@H]3CC=C4C[C@@H](OC(=O)N(CCCCCCCC(C)(C)N)CCC(C)C)CC[C@]4(C)C3CC[C@]12C)C(C)C. The number of nitrogens with two attached hydrogens (primary N) is 1. The topological polar surface area (TPSA) is 55.6 Å². The molecule has 0 aliphatic heterocycles. The minimum absolute atomic E-state index is 0.0351. The van der Waals surface area contributed by atoms with Gasteiger partial charge in [0.25, 0.3) is 0 Å². The lowest BCUT2D eigenvalue weighted by Gasteiger charge is -2.58. The summed E-state index contributed by atoms with van der Waals surface area (Å²) in [6.07, 6.45) is 24.9. The minimum atomic E-state index is -0.0647. The first-order valence-electron chi connectivity index (χ1n) is 21.5. The van der Waals surface area contributed by atoms with Gasteiger partial charge >= 0.3 is 6.09 Å². The Kier molecular flexibility index (Phi) is 14.7.